The zero-order valence-electron chi connectivity index (χ0n) is 15.5. The van der Waals surface area contributed by atoms with Gasteiger partial charge < -0.3 is 39.7 Å². The quantitative estimate of drug-likeness (QED) is 0.198. The molecule has 16 nitrogen and oxygen atoms in total. The fourth-order valence-corrected chi connectivity index (χ4v) is 5.10. The van der Waals surface area contributed by atoms with Gasteiger partial charge in [0.25, 0.3) is 15.6 Å². The first-order chi connectivity index (χ1) is 12.7. The van der Waals surface area contributed by atoms with Gasteiger partial charge in [-0.3, -0.25) is 13.7 Å². The van der Waals surface area contributed by atoms with Crippen LogP contribution in [0.5, 0.6) is 0 Å². The Hall–Kier alpha value is 1.01. The molecule has 2 radical (unpaired) electrons. The minimum Gasteiger partial charge on any atom is -0.756 e. The number of aromatic nitrogens is 2. The van der Waals surface area contributed by atoms with Crippen molar-refractivity contribution in [3.8, 4) is 0 Å². The van der Waals surface area contributed by atoms with Crippen molar-refractivity contribution in [1.29, 1.82) is 0 Å². The summed E-state index contributed by atoms with van der Waals surface area (Å²) < 4.78 is 50.4. The summed E-state index contributed by atoms with van der Waals surface area (Å²) in [7, 11) is -17.2. The first-order valence-electron chi connectivity index (χ1n) is 7.10. The van der Waals surface area contributed by atoms with Gasteiger partial charge in [0.15, 0.2) is 0 Å². The molecule has 1 aromatic rings. The van der Waals surface area contributed by atoms with Crippen LogP contribution in [-0.2, 0) is 31.6 Å². The van der Waals surface area contributed by atoms with Crippen LogP contribution in [0.25, 0.3) is 0 Å². The van der Waals surface area contributed by atoms with Crippen molar-refractivity contribution < 1.29 is 56.3 Å². The molecule has 6 atom stereocenters. The molecule has 5 N–H and O–H groups in total. The third-order valence-electron chi connectivity index (χ3n) is 3.17. The summed E-state index contributed by atoms with van der Waals surface area (Å²) in [5, 5.41) is 9.91. The standard InChI is InChI=1S/C9H16N3O13P3.2Na/c10-7-1-2-12(9(14)11-7)8-3-5(13)6(23-8)4-22-27(18,19)25-28(20,21)24-26(15,16)17;;/h1-2,5-6,8,13H,3-4H2,(H,18,19)(H,20,21)(H2,10,11,14)(H2,15,16,17);;/p-2/t5-,6+,8+;;/m0../s1. The Balaban J connectivity index is 0.00000420. The normalized spacial score (nSPS) is 27.0. The second-order valence-electron chi connectivity index (χ2n) is 5.32. The predicted molar refractivity (Wildman–Crippen MR) is 94.3 cm³/mol. The average molecular weight is 511 g/mol. The first kappa shape index (κ1) is 31.0. The van der Waals surface area contributed by atoms with Crippen molar-refractivity contribution in [3.63, 3.8) is 0 Å². The second-order valence-corrected chi connectivity index (χ2v) is 9.65. The molecule has 1 saturated heterocycles. The molecule has 0 spiro atoms. The number of hydrogen-bond donors (Lipinski definition) is 4. The molecule has 30 heavy (non-hydrogen) atoms. The van der Waals surface area contributed by atoms with Gasteiger partial charge in [0.05, 0.1) is 12.7 Å². The molecule has 21 heteroatoms. The molecular weight excluding hydrogens is 497 g/mol. The van der Waals surface area contributed by atoms with Gasteiger partial charge in [0.1, 0.15) is 18.1 Å². The van der Waals surface area contributed by atoms with E-state index in [0.29, 0.717) is 0 Å². The van der Waals surface area contributed by atoms with Crippen molar-refractivity contribution >= 4 is 88.4 Å². The zero-order chi connectivity index (χ0) is 21.3. The van der Waals surface area contributed by atoms with E-state index in [2.05, 4.69) is 18.1 Å². The molecule has 2 rings (SSSR count). The summed E-state index contributed by atoms with van der Waals surface area (Å²) in [6, 6.07) is 1.29. The molecule has 162 valence electrons. The van der Waals surface area contributed by atoms with Crippen molar-refractivity contribution in [3.05, 3.63) is 22.7 Å². The van der Waals surface area contributed by atoms with Gasteiger partial charge in [-0.1, -0.05) is 0 Å². The van der Waals surface area contributed by atoms with E-state index in [4.69, 9.17) is 20.3 Å². The average Bonchev–Trinajstić information content (AvgIpc) is 2.82. The summed E-state index contributed by atoms with van der Waals surface area (Å²) >= 11 is 0. The van der Waals surface area contributed by atoms with Gasteiger partial charge in [0, 0.05) is 71.7 Å². The van der Waals surface area contributed by atoms with Crippen LogP contribution in [0.15, 0.2) is 17.1 Å². The molecular formula is C9H14N3Na2O13P3-2. The summed E-state index contributed by atoms with van der Waals surface area (Å²) in [4.78, 5) is 54.4. The molecule has 1 aliphatic heterocycles. The number of phosphoric ester groups is 1. The fourth-order valence-electron chi connectivity index (χ4n) is 2.14. The number of nitrogens with two attached hydrogens (primary N) is 1. The Morgan fingerprint density at radius 1 is 1.27 bits per heavy atom. The van der Waals surface area contributed by atoms with Crippen LogP contribution < -0.4 is 21.2 Å². The van der Waals surface area contributed by atoms with E-state index in [-0.39, 0.29) is 71.4 Å². The maximum absolute atomic E-state index is 11.8. The number of phosphoric acid groups is 3. The zero-order valence-corrected chi connectivity index (χ0v) is 22.2. The summed E-state index contributed by atoms with van der Waals surface area (Å²) in [6.07, 6.45) is -2.59. The predicted octanol–water partition coefficient (Wildman–Crippen LogP) is -3.21. The SMILES string of the molecule is Nc1ccn([C@H]2C[C@H](O)[C@@H](COP(=O)([O-])OP(=O)(O)OP(=O)([O-])O)O2)c(=O)n1.[Na].[Na]. The van der Waals surface area contributed by atoms with E-state index >= 15 is 0 Å². The number of rotatable bonds is 8. The number of hydrogen-bond acceptors (Lipinski definition) is 13. The number of nitrogen functional groups attached to an aromatic ring is 1. The summed E-state index contributed by atoms with van der Waals surface area (Å²) in [5.41, 5.74) is 4.55. The van der Waals surface area contributed by atoms with E-state index in [1.807, 2.05) is 0 Å². The van der Waals surface area contributed by atoms with Crippen LogP contribution >= 0.6 is 23.5 Å². The van der Waals surface area contributed by atoms with E-state index in [1.54, 1.807) is 0 Å². The van der Waals surface area contributed by atoms with Crippen LogP contribution in [0.4, 0.5) is 5.82 Å². The molecule has 0 amide bonds. The van der Waals surface area contributed by atoms with E-state index in [9.17, 15) is 33.4 Å². The molecule has 0 aromatic carbocycles. The molecule has 2 heterocycles. The Labute approximate surface area is 212 Å². The third kappa shape index (κ3) is 9.87. The minimum absolute atomic E-state index is 0. The van der Waals surface area contributed by atoms with Crippen molar-refractivity contribution in [2.75, 3.05) is 12.3 Å². The molecule has 0 bridgehead atoms. The van der Waals surface area contributed by atoms with Crippen molar-refractivity contribution in [1.82, 2.24) is 9.55 Å². The number of aliphatic hydroxyl groups excluding tert-OH is 1. The monoisotopic (exact) mass is 511 g/mol. The van der Waals surface area contributed by atoms with E-state index < -0.39 is 54.2 Å². The van der Waals surface area contributed by atoms with Gasteiger partial charge in [0.2, 0.25) is 0 Å². The third-order valence-corrected chi connectivity index (χ3v) is 6.91. The number of aliphatic hydroxyl groups is 1. The molecule has 0 saturated carbocycles. The second kappa shape index (κ2) is 11.9. The smallest absolute Gasteiger partial charge is 0.485 e. The molecule has 1 aromatic heterocycles. The van der Waals surface area contributed by atoms with Crippen LogP contribution in [-0.4, -0.2) is 102 Å². The maximum atomic E-state index is 11.8. The van der Waals surface area contributed by atoms with Crippen molar-refractivity contribution in [2.45, 2.75) is 24.9 Å². The minimum atomic E-state index is -5.79. The largest absolute Gasteiger partial charge is 0.756 e. The van der Waals surface area contributed by atoms with Crippen LogP contribution in [0.3, 0.4) is 0 Å². The Kier molecular flexibility index (Phi) is 12.3. The first-order valence-corrected chi connectivity index (χ1v) is 11.6. The number of anilines is 1. The summed E-state index contributed by atoms with van der Waals surface area (Å²) in [5.74, 6) is -0.0507. The van der Waals surface area contributed by atoms with Gasteiger partial charge in [-0.2, -0.15) is 4.98 Å². The molecule has 3 unspecified atom stereocenters. The number of nitrogens with zero attached hydrogens (tertiary/aromatic N) is 2. The topological polar surface area (TPSA) is 256 Å². The Morgan fingerprint density at radius 2 is 1.87 bits per heavy atom. The van der Waals surface area contributed by atoms with Gasteiger partial charge in [-0.15, -0.1) is 0 Å². The van der Waals surface area contributed by atoms with E-state index in [1.165, 1.54) is 12.3 Å². The maximum Gasteiger partial charge on any atom is 0.485 e. The Bertz CT molecular complexity index is 925. The molecule has 1 fully saturated rings. The Morgan fingerprint density at radius 3 is 2.40 bits per heavy atom. The van der Waals surface area contributed by atoms with Crippen molar-refractivity contribution in [2.24, 2.45) is 0 Å². The van der Waals surface area contributed by atoms with Gasteiger partial charge in [-0.25, -0.2) is 18.0 Å². The van der Waals surface area contributed by atoms with Crippen LogP contribution in [0, 0.1) is 0 Å². The number of ether oxygens (including phenoxy) is 1. The summed E-state index contributed by atoms with van der Waals surface area (Å²) in [6.45, 7) is -0.927. The molecule has 0 aliphatic carbocycles. The van der Waals surface area contributed by atoms with E-state index in [0.717, 1.165) is 4.57 Å². The van der Waals surface area contributed by atoms with Crippen LogP contribution in [0.2, 0.25) is 0 Å². The fraction of sp³-hybridized carbons (Fsp3) is 0.556. The van der Waals surface area contributed by atoms with Gasteiger partial charge in [-0.05, 0) is 6.07 Å². The van der Waals surface area contributed by atoms with Gasteiger partial charge >= 0.3 is 13.5 Å². The van der Waals surface area contributed by atoms with Crippen LogP contribution in [0.1, 0.15) is 12.6 Å². The molecule has 1 aliphatic rings.